The third kappa shape index (κ3) is 11.8. The summed E-state index contributed by atoms with van der Waals surface area (Å²) in [6, 6.07) is 8.65. The fourth-order valence-corrected chi connectivity index (χ4v) is 5.58. The van der Waals surface area contributed by atoms with Gasteiger partial charge in [0.05, 0.1) is 0 Å². The SMILES string of the molecule is CCCCCCCCCc1cnc(-c2ccc(CCC3CCC(OC(=O)C(F)CCCCC)CC3)cc2)nc1. The molecule has 1 saturated carbocycles. The molecule has 0 N–H and O–H groups in total. The number of hydrogen-bond donors (Lipinski definition) is 0. The Morgan fingerprint density at radius 2 is 1.44 bits per heavy atom. The number of ether oxygens (including phenoxy) is 1. The predicted octanol–water partition coefficient (Wildman–Crippen LogP) is 9.39. The van der Waals surface area contributed by atoms with Crippen LogP contribution in [0.2, 0.25) is 0 Å². The molecule has 0 bridgehead atoms. The monoisotopic (exact) mass is 538 g/mol. The van der Waals surface area contributed by atoms with Gasteiger partial charge in [0.1, 0.15) is 6.10 Å². The van der Waals surface area contributed by atoms with Crippen LogP contribution in [0.4, 0.5) is 4.39 Å². The van der Waals surface area contributed by atoms with Crippen LogP contribution in [0.15, 0.2) is 36.7 Å². The van der Waals surface area contributed by atoms with E-state index in [1.54, 1.807) is 0 Å². The van der Waals surface area contributed by atoms with Crippen LogP contribution in [0.5, 0.6) is 0 Å². The largest absolute Gasteiger partial charge is 0.460 e. The Balaban J connectivity index is 1.32. The number of carbonyl (C=O) groups excluding carboxylic acids is 1. The zero-order valence-electron chi connectivity index (χ0n) is 24.5. The van der Waals surface area contributed by atoms with E-state index in [4.69, 9.17) is 4.74 Å². The lowest BCUT2D eigenvalue weighted by atomic mass is 9.83. The molecule has 4 nitrogen and oxygen atoms in total. The van der Waals surface area contributed by atoms with Crippen molar-refractivity contribution in [1.82, 2.24) is 9.97 Å². The van der Waals surface area contributed by atoms with Crippen LogP contribution in [0.1, 0.15) is 128 Å². The van der Waals surface area contributed by atoms with E-state index in [1.807, 2.05) is 12.4 Å². The van der Waals surface area contributed by atoms with Gasteiger partial charge in [-0.15, -0.1) is 0 Å². The molecule has 0 spiro atoms. The summed E-state index contributed by atoms with van der Waals surface area (Å²) >= 11 is 0. The Kier molecular flexibility index (Phi) is 14.5. The van der Waals surface area contributed by atoms with Crippen molar-refractivity contribution < 1.29 is 13.9 Å². The third-order valence-corrected chi connectivity index (χ3v) is 8.22. The van der Waals surface area contributed by atoms with Gasteiger partial charge in [-0.2, -0.15) is 0 Å². The molecule has 39 heavy (non-hydrogen) atoms. The lowest BCUT2D eigenvalue weighted by Crippen LogP contribution is -2.29. The molecule has 1 aliphatic rings. The summed E-state index contributed by atoms with van der Waals surface area (Å²) in [5.41, 5.74) is 3.62. The first-order valence-electron chi connectivity index (χ1n) is 15.8. The second-order valence-corrected chi connectivity index (χ2v) is 11.6. The molecule has 0 saturated heterocycles. The number of alkyl halides is 1. The maximum Gasteiger partial charge on any atom is 0.340 e. The first kappa shape index (κ1) is 31.2. The fraction of sp³-hybridized carbons (Fsp3) is 0.676. The number of hydrogen-bond acceptors (Lipinski definition) is 4. The van der Waals surface area contributed by atoms with E-state index in [0.29, 0.717) is 5.92 Å². The van der Waals surface area contributed by atoms with Crippen LogP contribution >= 0.6 is 0 Å². The molecule has 3 rings (SSSR count). The molecule has 1 atom stereocenters. The highest BCUT2D eigenvalue weighted by Gasteiger charge is 2.27. The summed E-state index contributed by atoms with van der Waals surface area (Å²) in [6.45, 7) is 4.33. The molecule has 1 fully saturated rings. The molecule has 216 valence electrons. The zero-order valence-corrected chi connectivity index (χ0v) is 24.5. The normalized spacial score (nSPS) is 18.1. The molecule has 1 heterocycles. The van der Waals surface area contributed by atoms with Crippen LogP contribution < -0.4 is 0 Å². The summed E-state index contributed by atoms with van der Waals surface area (Å²) in [4.78, 5) is 21.3. The van der Waals surface area contributed by atoms with E-state index in [1.165, 1.54) is 56.1 Å². The van der Waals surface area contributed by atoms with E-state index < -0.39 is 12.1 Å². The predicted molar refractivity (Wildman–Crippen MR) is 158 cm³/mol. The van der Waals surface area contributed by atoms with Crippen LogP contribution in [-0.4, -0.2) is 28.2 Å². The molecule has 1 aliphatic carbocycles. The molecule has 2 aromatic rings. The molecule has 1 unspecified atom stereocenters. The molecule has 5 heteroatoms. The van der Waals surface area contributed by atoms with Gasteiger partial charge >= 0.3 is 5.97 Å². The summed E-state index contributed by atoms with van der Waals surface area (Å²) in [5, 5.41) is 0. The molecular formula is C34H51FN2O2. The maximum absolute atomic E-state index is 14.0. The number of aryl methyl sites for hydroxylation is 2. The lowest BCUT2D eigenvalue weighted by Gasteiger charge is -2.28. The smallest absolute Gasteiger partial charge is 0.340 e. The summed E-state index contributed by atoms with van der Waals surface area (Å²) in [7, 11) is 0. The fourth-order valence-electron chi connectivity index (χ4n) is 5.58. The zero-order chi connectivity index (χ0) is 27.7. The van der Waals surface area contributed by atoms with Gasteiger partial charge in [0.15, 0.2) is 12.0 Å². The minimum atomic E-state index is -1.46. The topological polar surface area (TPSA) is 52.1 Å². The van der Waals surface area contributed by atoms with Crippen LogP contribution in [0.3, 0.4) is 0 Å². The molecule has 0 amide bonds. The summed E-state index contributed by atoms with van der Waals surface area (Å²) in [6.07, 6.45) is 21.7. The van der Waals surface area contributed by atoms with Crippen molar-refractivity contribution >= 4 is 5.97 Å². The van der Waals surface area contributed by atoms with Crippen LogP contribution in [-0.2, 0) is 22.4 Å². The Morgan fingerprint density at radius 1 is 0.821 bits per heavy atom. The number of aromatic nitrogens is 2. The number of carbonyl (C=O) groups is 1. The number of unbranched alkanes of at least 4 members (excludes halogenated alkanes) is 8. The Bertz CT molecular complexity index is 923. The number of benzene rings is 1. The van der Waals surface area contributed by atoms with E-state index in [9.17, 15) is 9.18 Å². The molecule has 1 aromatic heterocycles. The van der Waals surface area contributed by atoms with Crippen molar-refractivity contribution in [2.75, 3.05) is 0 Å². The van der Waals surface area contributed by atoms with E-state index in [-0.39, 0.29) is 12.5 Å². The van der Waals surface area contributed by atoms with Gasteiger partial charge in [-0.3, -0.25) is 0 Å². The van der Waals surface area contributed by atoms with Gasteiger partial charge in [-0.05, 0) is 81.3 Å². The quantitative estimate of drug-likeness (QED) is 0.140. The van der Waals surface area contributed by atoms with Gasteiger partial charge in [0.25, 0.3) is 0 Å². The summed E-state index contributed by atoms with van der Waals surface area (Å²) in [5.74, 6) is 0.776. The lowest BCUT2D eigenvalue weighted by molar-refractivity contribution is -0.157. The number of rotatable bonds is 18. The van der Waals surface area contributed by atoms with Crippen molar-refractivity contribution in [2.24, 2.45) is 5.92 Å². The summed E-state index contributed by atoms with van der Waals surface area (Å²) < 4.78 is 19.5. The second-order valence-electron chi connectivity index (χ2n) is 11.6. The van der Waals surface area contributed by atoms with Gasteiger partial charge in [0, 0.05) is 18.0 Å². The highest BCUT2D eigenvalue weighted by molar-refractivity contribution is 5.74. The Labute approximate surface area is 236 Å². The number of halogens is 1. The van der Waals surface area contributed by atoms with Crippen molar-refractivity contribution in [3.8, 4) is 11.4 Å². The first-order chi connectivity index (χ1) is 19.1. The van der Waals surface area contributed by atoms with Gasteiger partial charge < -0.3 is 4.74 Å². The highest BCUT2D eigenvalue weighted by Crippen LogP contribution is 2.30. The van der Waals surface area contributed by atoms with Gasteiger partial charge in [-0.25, -0.2) is 19.2 Å². The second kappa shape index (κ2) is 18.1. The van der Waals surface area contributed by atoms with Gasteiger partial charge in [0.2, 0.25) is 0 Å². The van der Waals surface area contributed by atoms with E-state index >= 15 is 0 Å². The van der Waals surface area contributed by atoms with Gasteiger partial charge in [-0.1, -0.05) is 89.5 Å². The van der Waals surface area contributed by atoms with Crippen molar-refractivity contribution in [3.63, 3.8) is 0 Å². The third-order valence-electron chi connectivity index (χ3n) is 8.22. The minimum Gasteiger partial charge on any atom is -0.460 e. The minimum absolute atomic E-state index is 0.112. The average molecular weight is 539 g/mol. The van der Waals surface area contributed by atoms with Crippen LogP contribution in [0, 0.1) is 5.92 Å². The number of esters is 1. The maximum atomic E-state index is 14.0. The van der Waals surface area contributed by atoms with E-state index in [2.05, 4.69) is 48.1 Å². The number of nitrogens with zero attached hydrogens (tertiary/aromatic N) is 2. The Morgan fingerprint density at radius 3 is 2.10 bits per heavy atom. The van der Waals surface area contributed by atoms with Crippen molar-refractivity contribution in [3.05, 3.63) is 47.8 Å². The standard InChI is InChI=1S/C34H51FN2O2/c1-3-5-7-8-9-10-12-13-29-25-36-33(37-26-29)30-21-17-27(18-22-30)15-16-28-19-23-31(24-20-28)39-34(38)32(35)14-11-6-4-2/h17-18,21-22,25-26,28,31-32H,3-16,19-20,23-24H2,1-2H3. The van der Waals surface area contributed by atoms with Crippen LogP contribution in [0.25, 0.3) is 11.4 Å². The highest BCUT2D eigenvalue weighted by atomic mass is 19.1. The molecular weight excluding hydrogens is 487 g/mol. The van der Waals surface area contributed by atoms with E-state index in [0.717, 1.165) is 75.6 Å². The molecule has 1 aromatic carbocycles. The first-order valence-corrected chi connectivity index (χ1v) is 15.8. The van der Waals surface area contributed by atoms with Crippen molar-refractivity contribution in [1.29, 1.82) is 0 Å². The molecule has 0 radical (unpaired) electrons. The average Bonchev–Trinajstić information content (AvgIpc) is 2.97. The Hall–Kier alpha value is -2.30. The van der Waals surface area contributed by atoms with Crippen molar-refractivity contribution in [2.45, 2.75) is 142 Å². The molecule has 0 aliphatic heterocycles.